The molecule has 6 heteroatoms. The van der Waals surface area contributed by atoms with E-state index in [2.05, 4.69) is 27.3 Å². The predicted octanol–water partition coefficient (Wildman–Crippen LogP) is 5.18. The second-order valence-electron chi connectivity index (χ2n) is 7.67. The van der Waals surface area contributed by atoms with Gasteiger partial charge in [-0.05, 0) is 48.7 Å². The predicted molar refractivity (Wildman–Crippen MR) is 122 cm³/mol. The highest BCUT2D eigenvalue weighted by molar-refractivity contribution is 6.31. The van der Waals surface area contributed by atoms with Crippen molar-refractivity contribution >= 4 is 46.6 Å². The monoisotopic (exact) mass is 429 g/mol. The molecule has 1 N–H and O–H groups in total. The van der Waals surface area contributed by atoms with Crippen molar-refractivity contribution in [3.8, 4) is 0 Å². The van der Waals surface area contributed by atoms with Gasteiger partial charge in [0.05, 0.1) is 11.4 Å². The normalized spacial score (nSPS) is 17.7. The number of rotatable bonds is 6. The number of hydrogen-bond acceptors (Lipinski definition) is 3. The topological polar surface area (TPSA) is 35.6 Å². The summed E-state index contributed by atoms with van der Waals surface area (Å²) in [6, 6.07) is 13.6. The smallest absolute Gasteiger partial charge is 0.227 e. The number of piperazine rings is 1. The molecule has 1 saturated heterocycles. The minimum atomic E-state index is 0.125. The number of carbonyl (C=O) groups is 1. The van der Waals surface area contributed by atoms with E-state index in [9.17, 15) is 4.79 Å². The Morgan fingerprint density at radius 1 is 1.00 bits per heavy atom. The van der Waals surface area contributed by atoms with Crippen molar-refractivity contribution in [3.63, 3.8) is 0 Å². The van der Waals surface area contributed by atoms with E-state index >= 15 is 0 Å². The molecule has 2 aromatic carbocycles. The summed E-state index contributed by atoms with van der Waals surface area (Å²) in [5.41, 5.74) is 3.04. The Kier molecular flexibility index (Phi) is 6.43. The second kappa shape index (κ2) is 9.21. The Balaban J connectivity index is 1.33. The van der Waals surface area contributed by atoms with Gasteiger partial charge in [-0.25, -0.2) is 0 Å². The molecule has 2 aromatic rings. The lowest BCUT2D eigenvalue weighted by molar-refractivity contribution is -0.117. The SMILES string of the molecule is O=C(Nc1ccc(Cl)cc1N1CCN(C/C=C/c2ccc(Cl)cc2)CC1)C1CC1. The summed E-state index contributed by atoms with van der Waals surface area (Å²) in [5.74, 6) is 0.308. The van der Waals surface area contributed by atoms with Gasteiger partial charge in [-0.2, -0.15) is 0 Å². The van der Waals surface area contributed by atoms with Crippen molar-refractivity contribution in [2.45, 2.75) is 12.8 Å². The Bertz CT molecular complexity index is 885. The van der Waals surface area contributed by atoms with Crippen LogP contribution in [0.3, 0.4) is 0 Å². The van der Waals surface area contributed by atoms with Crippen LogP contribution in [0.1, 0.15) is 18.4 Å². The first-order valence-electron chi connectivity index (χ1n) is 10.1. The van der Waals surface area contributed by atoms with E-state index < -0.39 is 0 Å². The molecule has 1 aliphatic heterocycles. The van der Waals surface area contributed by atoms with Crippen LogP contribution in [0.4, 0.5) is 11.4 Å². The fourth-order valence-electron chi connectivity index (χ4n) is 3.54. The fraction of sp³-hybridized carbons (Fsp3) is 0.348. The summed E-state index contributed by atoms with van der Waals surface area (Å²) in [7, 11) is 0. The Hall–Kier alpha value is -2.01. The van der Waals surface area contributed by atoms with Gasteiger partial charge in [0.15, 0.2) is 0 Å². The minimum absolute atomic E-state index is 0.125. The molecule has 1 saturated carbocycles. The summed E-state index contributed by atoms with van der Waals surface area (Å²) in [5, 5.41) is 4.54. The molecule has 4 rings (SSSR count). The van der Waals surface area contributed by atoms with Crippen molar-refractivity contribution in [1.82, 2.24) is 4.90 Å². The molecule has 0 radical (unpaired) electrons. The maximum absolute atomic E-state index is 12.2. The quantitative estimate of drug-likeness (QED) is 0.686. The zero-order chi connectivity index (χ0) is 20.2. The third kappa shape index (κ3) is 5.53. The summed E-state index contributed by atoms with van der Waals surface area (Å²) in [6.45, 7) is 4.65. The van der Waals surface area contributed by atoms with E-state index in [4.69, 9.17) is 23.2 Å². The van der Waals surface area contributed by atoms with Crippen LogP contribution in [0.2, 0.25) is 10.0 Å². The molecule has 1 heterocycles. The molecule has 2 fully saturated rings. The molecular formula is C23H25Cl2N3O. The van der Waals surface area contributed by atoms with Crippen LogP contribution in [0, 0.1) is 5.92 Å². The van der Waals surface area contributed by atoms with Gasteiger partial charge in [-0.1, -0.05) is 47.5 Å². The molecule has 0 bridgehead atoms. The van der Waals surface area contributed by atoms with Crippen LogP contribution in [0.15, 0.2) is 48.5 Å². The first kappa shape index (κ1) is 20.3. The molecule has 152 valence electrons. The molecule has 1 amide bonds. The first-order valence-corrected chi connectivity index (χ1v) is 10.8. The molecule has 2 aliphatic rings. The summed E-state index contributed by atoms with van der Waals surface area (Å²) in [4.78, 5) is 17.0. The van der Waals surface area contributed by atoms with Crippen molar-refractivity contribution in [1.29, 1.82) is 0 Å². The number of carbonyl (C=O) groups excluding carboxylic acids is 1. The van der Waals surface area contributed by atoms with E-state index in [1.165, 1.54) is 0 Å². The number of halogens is 2. The van der Waals surface area contributed by atoms with Crippen molar-refractivity contribution in [2.24, 2.45) is 5.92 Å². The average Bonchev–Trinajstić information content (AvgIpc) is 3.57. The highest BCUT2D eigenvalue weighted by Gasteiger charge is 2.30. The number of amides is 1. The largest absolute Gasteiger partial charge is 0.367 e. The van der Waals surface area contributed by atoms with Crippen LogP contribution in [0.25, 0.3) is 6.08 Å². The van der Waals surface area contributed by atoms with Crippen LogP contribution >= 0.6 is 23.2 Å². The number of hydrogen-bond donors (Lipinski definition) is 1. The van der Waals surface area contributed by atoms with Gasteiger partial charge in [0.2, 0.25) is 5.91 Å². The fourth-order valence-corrected chi connectivity index (χ4v) is 3.83. The maximum Gasteiger partial charge on any atom is 0.227 e. The lowest BCUT2D eigenvalue weighted by Gasteiger charge is -2.36. The van der Waals surface area contributed by atoms with E-state index in [0.717, 1.165) is 67.5 Å². The molecule has 0 unspecified atom stereocenters. The summed E-state index contributed by atoms with van der Waals surface area (Å²) < 4.78 is 0. The minimum Gasteiger partial charge on any atom is -0.367 e. The van der Waals surface area contributed by atoms with Crippen LogP contribution < -0.4 is 10.2 Å². The van der Waals surface area contributed by atoms with Crippen molar-refractivity contribution in [2.75, 3.05) is 42.9 Å². The van der Waals surface area contributed by atoms with Crippen LogP contribution in [0.5, 0.6) is 0 Å². The first-order chi connectivity index (χ1) is 14.1. The number of benzene rings is 2. The van der Waals surface area contributed by atoms with Gasteiger partial charge >= 0.3 is 0 Å². The second-order valence-corrected chi connectivity index (χ2v) is 8.54. The Morgan fingerprint density at radius 2 is 1.69 bits per heavy atom. The highest BCUT2D eigenvalue weighted by Crippen LogP contribution is 2.34. The number of anilines is 2. The average molecular weight is 430 g/mol. The van der Waals surface area contributed by atoms with Gasteiger partial charge in [0, 0.05) is 48.7 Å². The zero-order valence-electron chi connectivity index (χ0n) is 16.3. The van der Waals surface area contributed by atoms with E-state index in [-0.39, 0.29) is 11.8 Å². The van der Waals surface area contributed by atoms with Gasteiger partial charge < -0.3 is 10.2 Å². The zero-order valence-corrected chi connectivity index (χ0v) is 17.8. The Morgan fingerprint density at radius 3 is 2.38 bits per heavy atom. The van der Waals surface area contributed by atoms with Gasteiger partial charge in [0.1, 0.15) is 0 Å². The van der Waals surface area contributed by atoms with Crippen molar-refractivity contribution < 1.29 is 4.79 Å². The third-order valence-electron chi connectivity index (χ3n) is 5.42. The molecule has 29 heavy (non-hydrogen) atoms. The third-order valence-corrected chi connectivity index (χ3v) is 5.91. The van der Waals surface area contributed by atoms with Gasteiger partial charge in [0.25, 0.3) is 0 Å². The van der Waals surface area contributed by atoms with Gasteiger partial charge in [-0.15, -0.1) is 0 Å². The van der Waals surface area contributed by atoms with E-state index in [1.54, 1.807) is 0 Å². The molecule has 0 spiro atoms. The molecular weight excluding hydrogens is 405 g/mol. The summed E-state index contributed by atoms with van der Waals surface area (Å²) in [6.07, 6.45) is 6.32. The van der Waals surface area contributed by atoms with Gasteiger partial charge in [-0.3, -0.25) is 9.69 Å². The van der Waals surface area contributed by atoms with Crippen molar-refractivity contribution in [3.05, 3.63) is 64.1 Å². The molecule has 0 atom stereocenters. The number of nitrogens with zero attached hydrogens (tertiary/aromatic N) is 2. The van der Waals surface area contributed by atoms with Crippen LogP contribution in [-0.4, -0.2) is 43.5 Å². The lowest BCUT2D eigenvalue weighted by Crippen LogP contribution is -2.46. The lowest BCUT2D eigenvalue weighted by atomic mass is 10.2. The molecule has 1 aliphatic carbocycles. The van der Waals surface area contributed by atoms with E-state index in [1.807, 2.05) is 42.5 Å². The molecule has 4 nitrogen and oxygen atoms in total. The maximum atomic E-state index is 12.2. The summed E-state index contributed by atoms with van der Waals surface area (Å²) >= 11 is 12.2. The Labute approximate surface area is 182 Å². The standard InChI is InChI=1S/C23H25Cl2N3O/c24-19-7-3-17(4-8-19)2-1-11-27-12-14-28(15-13-27)22-16-20(25)9-10-21(22)26-23(29)18-5-6-18/h1-4,7-10,16,18H,5-6,11-15H2,(H,26,29)/b2-1+. The van der Waals surface area contributed by atoms with E-state index in [0.29, 0.717) is 5.02 Å². The van der Waals surface area contributed by atoms with Crippen LogP contribution in [-0.2, 0) is 4.79 Å². The number of nitrogens with one attached hydrogen (secondary N) is 1. The highest BCUT2D eigenvalue weighted by atomic mass is 35.5. The molecule has 0 aromatic heterocycles.